The van der Waals surface area contributed by atoms with Crippen molar-refractivity contribution in [2.75, 3.05) is 5.32 Å². The molecule has 0 radical (unpaired) electrons. The van der Waals surface area contributed by atoms with Crippen LogP contribution in [0.15, 0.2) is 0 Å². The predicted molar refractivity (Wildman–Crippen MR) is 67.8 cm³/mol. The first-order valence-corrected chi connectivity index (χ1v) is 5.92. The number of nitrogens with zero attached hydrogens (tertiary/aromatic N) is 3. The molecular weight excluding hydrogens is 250 g/mol. The minimum absolute atomic E-state index is 0.0428. The van der Waals surface area contributed by atoms with Crippen molar-refractivity contribution >= 4 is 17.9 Å². The van der Waals surface area contributed by atoms with Crippen molar-refractivity contribution in [3.05, 3.63) is 11.4 Å². The second kappa shape index (κ2) is 6.62. The van der Waals surface area contributed by atoms with E-state index in [1.54, 1.807) is 13.8 Å². The number of hydrogen-bond donors (Lipinski definition) is 3. The third-order valence-corrected chi connectivity index (χ3v) is 2.50. The zero-order chi connectivity index (χ0) is 14.4. The maximum atomic E-state index is 11.6. The van der Waals surface area contributed by atoms with Gasteiger partial charge in [-0.25, -0.2) is 14.6 Å². The SMILES string of the molecule is CCCC(NC(=O)Nc1nnc(C)c(C)n1)C(=O)O. The third kappa shape index (κ3) is 4.49. The summed E-state index contributed by atoms with van der Waals surface area (Å²) in [6.45, 7) is 5.33. The van der Waals surface area contributed by atoms with E-state index in [9.17, 15) is 9.59 Å². The summed E-state index contributed by atoms with van der Waals surface area (Å²) in [5.41, 5.74) is 1.31. The van der Waals surface area contributed by atoms with Crippen LogP contribution in [0.4, 0.5) is 10.7 Å². The van der Waals surface area contributed by atoms with Gasteiger partial charge in [-0.15, -0.1) is 5.10 Å². The van der Waals surface area contributed by atoms with Crippen molar-refractivity contribution in [3.63, 3.8) is 0 Å². The molecule has 0 bridgehead atoms. The van der Waals surface area contributed by atoms with Crippen LogP contribution < -0.4 is 10.6 Å². The first kappa shape index (κ1) is 14.8. The van der Waals surface area contributed by atoms with Crippen molar-refractivity contribution in [3.8, 4) is 0 Å². The van der Waals surface area contributed by atoms with E-state index in [0.717, 1.165) is 0 Å². The Balaban J connectivity index is 2.63. The number of carbonyl (C=O) groups excluding carboxylic acids is 1. The number of nitrogens with one attached hydrogen (secondary N) is 2. The van der Waals surface area contributed by atoms with E-state index < -0.39 is 18.0 Å². The molecule has 1 heterocycles. The molecule has 8 nitrogen and oxygen atoms in total. The molecule has 19 heavy (non-hydrogen) atoms. The summed E-state index contributed by atoms with van der Waals surface area (Å²) in [6.07, 6.45) is 1.01. The number of urea groups is 1. The topological polar surface area (TPSA) is 117 Å². The molecule has 1 unspecified atom stereocenters. The molecule has 0 aliphatic rings. The van der Waals surface area contributed by atoms with Crippen LogP contribution >= 0.6 is 0 Å². The first-order valence-electron chi connectivity index (χ1n) is 5.92. The lowest BCUT2D eigenvalue weighted by atomic mass is 10.2. The van der Waals surface area contributed by atoms with Crippen LogP contribution in [0.2, 0.25) is 0 Å². The van der Waals surface area contributed by atoms with Gasteiger partial charge >= 0.3 is 12.0 Å². The van der Waals surface area contributed by atoms with Gasteiger partial charge in [-0.05, 0) is 20.3 Å². The van der Waals surface area contributed by atoms with Gasteiger partial charge in [0, 0.05) is 0 Å². The number of aliphatic carboxylic acids is 1. The Hall–Kier alpha value is -2.25. The standard InChI is InChI=1S/C11H17N5O3/c1-4-5-8(9(17)18)13-11(19)14-10-12-6(2)7(3)15-16-10/h8H,4-5H2,1-3H3,(H,17,18)(H2,12,13,14,16,19). The van der Waals surface area contributed by atoms with Gasteiger partial charge in [-0.3, -0.25) is 5.32 Å². The number of carboxylic acid groups (broad SMARTS) is 1. The Morgan fingerprint density at radius 3 is 2.47 bits per heavy atom. The lowest BCUT2D eigenvalue weighted by molar-refractivity contribution is -0.139. The normalized spacial score (nSPS) is 11.7. The summed E-state index contributed by atoms with van der Waals surface area (Å²) in [5, 5.41) is 21.1. The van der Waals surface area contributed by atoms with Gasteiger partial charge < -0.3 is 10.4 Å². The van der Waals surface area contributed by atoms with E-state index in [-0.39, 0.29) is 5.95 Å². The van der Waals surface area contributed by atoms with Crippen molar-refractivity contribution < 1.29 is 14.7 Å². The molecule has 1 atom stereocenters. The number of carbonyl (C=O) groups is 2. The number of hydrogen-bond acceptors (Lipinski definition) is 5. The number of anilines is 1. The van der Waals surface area contributed by atoms with Crippen LogP contribution in [0.1, 0.15) is 31.2 Å². The molecule has 0 aliphatic carbocycles. The number of aromatic nitrogens is 3. The second-order valence-electron chi connectivity index (χ2n) is 4.08. The van der Waals surface area contributed by atoms with E-state index in [0.29, 0.717) is 24.2 Å². The van der Waals surface area contributed by atoms with E-state index >= 15 is 0 Å². The first-order chi connectivity index (χ1) is 8.93. The average Bonchev–Trinajstić information content (AvgIpc) is 2.33. The highest BCUT2D eigenvalue weighted by atomic mass is 16.4. The van der Waals surface area contributed by atoms with Gasteiger partial charge in [0.15, 0.2) is 0 Å². The molecule has 1 rings (SSSR count). The Bertz CT molecular complexity index is 477. The molecule has 0 fully saturated rings. The van der Waals surface area contributed by atoms with Crippen molar-refractivity contribution in [1.82, 2.24) is 20.5 Å². The van der Waals surface area contributed by atoms with Crippen LogP contribution in [-0.4, -0.2) is 38.3 Å². The van der Waals surface area contributed by atoms with Gasteiger partial charge in [-0.1, -0.05) is 13.3 Å². The second-order valence-corrected chi connectivity index (χ2v) is 4.08. The summed E-state index contributed by atoms with van der Waals surface area (Å²) in [5.74, 6) is -1.03. The number of aryl methyl sites for hydroxylation is 2. The van der Waals surface area contributed by atoms with Gasteiger partial charge in [0.05, 0.1) is 11.4 Å². The molecule has 0 aliphatic heterocycles. The maximum absolute atomic E-state index is 11.6. The van der Waals surface area contributed by atoms with Crippen LogP contribution in [0, 0.1) is 13.8 Å². The maximum Gasteiger partial charge on any atom is 0.326 e. The quantitative estimate of drug-likeness (QED) is 0.728. The van der Waals surface area contributed by atoms with Crippen LogP contribution in [-0.2, 0) is 4.79 Å². The summed E-state index contributed by atoms with van der Waals surface area (Å²) in [4.78, 5) is 26.5. The number of carboxylic acids is 1. The highest BCUT2D eigenvalue weighted by Crippen LogP contribution is 2.02. The molecule has 0 saturated carbocycles. The van der Waals surface area contributed by atoms with Gasteiger partial charge in [0.1, 0.15) is 6.04 Å². The third-order valence-electron chi connectivity index (χ3n) is 2.50. The molecular formula is C11H17N5O3. The minimum Gasteiger partial charge on any atom is -0.480 e. The number of rotatable bonds is 5. The molecule has 1 aromatic heterocycles. The zero-order valence-electron chi connectivity index (χ0n) is 11.1. The van der Waals surface area contributed by atoms with Crippen LogP contribution in [0.5, 0.6) is 0 Å². The van der Waals surface area contributed by atoms with E-state index in [4.69, 9.17) is 5.11 Å². The Morgan fingerprint density at radius 1 is 1.26 bits per heavy atom. The highest BCUT2D eigenvalue weighted by Gasteiger charge is 2.19. The molecule has 0 saturated heterocycles. The van der Waals surface area contributed by atoms with Crippen LogP contribution in [0.3, 0.4) is 0 Å². The van der Waals surface area contributed by atoms with Crippen LogP contribution in [0.25, 0.3) is 0 Å². The predicted octanol–water partition coefficient (Wildman–Crippen LogP) is 0.863. The van der Waals surface area contributed by atoms with Gasteiger partial charge in [-0.2, -0.15) is 5.10 Å². The average molecular weight is 267 g/mol. The Morgan fingerprint density at radius 2 is 1.95 bits per heavy atom. The van der Waals surface area contributed by atoms with Crippen molar-refractivity contribution in [2.45, 2.75) is 39.7 Å². The van der Waals surface area contributed by atoms with Crippen molar-refractivity contribution in [1.29, 1.82) is 0 Å². The lowest BCUT2D eigenvalue weighted by Crippen LogP contribution is -2.43. The smallest absolute Gasteiger partial charge is 0.326 e. The summed E-state index contributed by atoms with van der Waals surface area (Å²) in [7, 11) is 0. The molecule has 3 N–H and O–H groups in total. The van der Waals surface area contributed by atoms with Crippen molar-refractivity contribution in [2.24, 2.45) is 0 Å². The monoisotopic (exact) mass is 267 g/mol. The minimum atomic E-state index is -1.07. The largest absolute Gasteiger partial charge is 0.480 e. The molecule has 0 aromatic carbocycles. The Labute approximate surface area is 110 Å². The molecule has 8 heteroatoms. The molecule has 1 aromatic rings. The van der Waals surface area contributed by atoms with E-state index in [2.05, 4.69) is 25.8 Å². The fourth-order valence-electron chi connectivity index (χ4n) is 1.35. The summed E-state index contributed by atoms with van der Waals surface area (Å²) >= 11 is 0. The number of amides is 2. The molecule has 104 valence electrons. The summed E-state index contributed by atoms with van der Waals surface area (Å²) in [6, 6.07) is -1.59. The molecule has 0 spiro atoms. The highest BCUT2D eigenvalue weighted by molar-refractivity contribution is 5.90. The van der Waals surface area contributed by atoms with E-state index in [1.165, 1.54) is 0 Å². The van der Waals surface area contributed by atoms with E-state index in [1.807, 2.05) is 6.92 Å². The fraction of sp³-hybridized carbons (Fsp3) is 0.545. The molecule has 2 amide bonds. The fourth-order valence-corrected chi connectivity index (χ4v) is 1.35. The van der Waals surface area contributed by atoms with Gasteiger partial charge in [0.2, 0.25) is 0 Å². The zero-order valence-corrected chi connectivity index (χ0v) is 11.1. The van der Waals surface area contributed by atoms with Gasteiger partial charge in [0.25, 0.3) is 5.95 Å². The lowest BCUT2D eigenvalue weighted by Gasteiger charge is -2.13. The summed E-state index contributed by atoms with van der Waals surface area (Å²) < 4.78 is 0. The Kier molecular flexibility index (Phi) is 5.16.